The molecule has 2 N–H and O–H groups in total. The van der Waals surface area contributed by atoms with Gasteiger partial charge in [0.2, 0.25) is 5.91 Å². The number of para-hydroxylation sites is 2. The van der Waals surface area contributed by atoms with Crippen LogP contribution in [-0.4, -0.2) is 47.6 Å². The number of rotatable bonds is 10. The molecule has 7 nitrogen and oxygen atoms in total. The molecule has 0 unspecified atom stereocenters. The minimum atomic E-state index is -0.0114. The Morgan fingerprint density at radius 3 is 2.82 bits per heavy atom. The standard InChI is InChI=1S/C25H30N4O3S/c1-18-9-11-19(12-10-18)29-20(14-26-22-7-3-4-8-23(22)31-2)15-28-25(29)33-17-24(30)27-16-21-6-5-13-32-21/h3-4,7-12,15,21,26H,5-6,13-14,16-17H2,1-2H3,(H,27,30)/t21-/m0/s1. The van der Waals surface area contributed by atoms with E-state index in [2.05, 4.69) is 51.4 Å². The number of hydrogen-bond donors (Lipinski definition) is 2. The Labute approximate surface area is 198 Å². The maximum atomic E-state index is 12.4. The number of nitrogens with one attached hydrogen (secondary N) is 2. The van der Waals surface area contributed by atoms with Crippen LogP contribution in [0.1, 0.15) is 24.1 Å². The molecular weight excluding hydrogens is 436 g/mol. The van der Waals surface area contributed by atoms with Crippen molar-refractivity contribution in [2.24, 2.45) is 0 Å². The van der Waals surface area contributed by atoms with Crippen LogP contribution in [0.2, 0.25) is 0 Å². The van der Waals surface area contributed by atoms with Crippen molar-refractivity contribution in [1.82, 2.24) is 14.9 Å². The highest BCUT2D eigenvalue weighted by molar-refractivity contribution is 7.99. The van der Waals surface area contributed by atoms with Crippen molar-refractivity contribution in [1.29, 1.82) is 0 Å². The van der Waals surface area contributed by atoms with Crippen LogP contribution >= 0.6 is 11.8 Å². The number of amides is 1. The van der Waals surface area contributed by atoms with Crippen molar-refractivity contribution in [3.63, 3.8) is 0 Å². The van der Waals surface area contributed by atoms with Gasteiger partial charge in [0.25, 0.3) is 0 Å². The minimum absolute atomic E-state index is 0.0114. The summed E-state index contributed by atoms with van der Waals surface area (Å²) in [6.45, 7) is 3.98. The second kappa shape index (κ2) is 11.2. The number of carbonyl (C=O) groups excluding carboxylic acids is 1. The van der Waals surface area contributed by atoms with Gasteiger partial charge in [-0.15, -0.1) is 0 Å². The number of anilines is 1. The Bertz CT molecular complexity index is 1060. The van der Waals surface area contributed by atoms with E-state index in [-0.39, 0.29) is 12.0 Å². The molecule has 0 saturated carbocycles. The van der Waals surface area contributed by atoms with Crippen LogP contribution in [-0.2, 0) is 16.1 Å². The van der Waals surface area contributed by atoms with Crippen molar-refractivity contribution in [3.8, 4) is 11.4 Å². The third-order valence-corrected chi connectivity index (χ3v) is 6.50. The van der Waals surface area contributed by atoms with E-state index in [4.69, 9.17) is 9.47 Å². The van der Waals surface area contributed by atoms with Crippen LogP contribution in [0.15, 0.2) is 59.9 Å². The number of methoxy groups -OCH3 is 1. The van der Waals surface area contributed by atoms with E-state index in [1.165, 1.54) is 17.3 Å². The van der Waals surface area contributed by atoms with E-state index in [1.807, 2.05) is 30.5 Å². The molecule has 1 aliphatic rings. The zero-order valence-corrected chi connectivity index (χ0v) is 19.9. The number of imidazole rings is 1. The first kappa shape index (κ1) is 23.2. The fraction of sp³-hybridized carbons (Fsp3) is 0.360. The third-order valence-electron chi connectivity index (χ3n) is 5.54. The van der Waals surface area contributed by atoms with Crippen molar-refractivity contribution in [2.45, 2.75) is 37.6 Å². The normalized spacial score (nSPS) is 15.4. The molecule has 1 saturated heterocycles. The molecule has 8 heteroatoms. The van der Waals surface area contributed by atoms with Gasteiger partial charge < -0.3 is 20.1 Å². The van der Waals surface area contributed by atoms with E-state index in [1.54, 1.807) is 7.11 Å². The van der Waals surface area contributed by atoms with Crippen LogP contribution in [0, 0.1) is 6.92 Å². The van der Waals surface area contributed by atoms with Crippen LogP contribution in [0.25, 0.3) is 5.69 Å². The average Bonchev–Trinajstić information content (AvgIpc) is 3.51. The highest BCUT2D eigenvalue weighted by Gasteiger charge is 2.18. The summed E-state index contributed by atoms with van der Waals surface area (Å²) in [5, 5.41) is 7.20. The van der Waals surface area contributed by atoms with Gasteiger partial charge in [-0.3, -0.25) is 9.36 Å². The molecule has 0 bridgehead atoms. The summed E-state index contributed by atoms with van der Waals surface area (Å²) in [7, 11) is 1.66. The third kappa shape index (κ3) is 6.09. The largest absolute Gasteiger partial charge is 0.495 e. The maximum Gasteiger partial charge on any atom is 0.230 e. The number of thioether (sulfide) groups is 1. The Hall–Kier alpha value is -2.97. The molecule has 174 valence electrons. The molecule has 33 heavy (non-hydrogen) atoms. The first-order valence-corrected chi connectivity index (χ1v) is 12.1. The number of aryl methyl sites for hydroxylation is 1. The van der Waals surface area contributed by atoms with E-state index < -0.39 is 0 Å². The summed E-state index contributed by atoms with van der Waals surface area (Å²) in [4.78, 5) is 17.0. The number of ether oxygens (including phenoxy) is 2. The van der Waals surface area contributed by atoms with Gasteiger partial charge in [0.05, 0.1) is 43.1 Å². The fourth-order valence-electron chi connectivity index (χ4n) is 3.76. The van der Waals surface area contributed by atoms with Gasteiger partial charge in [-0.1, -0.05) is 41.6 Å². The van der Waals surface area contributed by atoms with Crippen molar-refractivity contribution in [2.75, 3.05) is 31.3 Å². The van der Waals surface area contributed by atoms with Gasteiger partial charge >= 0.3 is 0 Å². The zero-order chi connectivity index (χ0) is 23.0. The van der Waals surface area contributed by atoms with Crippen LogP contribution in [0.4, 0.5) is 5.69 Å². The predicted octanol–water partition coefficient (Wildman–Crippen LogP) is 4.19. The number of hydrogen-bond acceptors (Lipinski definition) is 6. The molecule has 1 amide bonds. The first-order valence-electron chi connectivity index (χ1n) is 11.2. The lowest BCUT2D eigenvalue weighted by Gasteiger charge is -2.15. The fourth-order valence-corrected chi connectivity index (χ4v) is 4.60. The second-order valence-electron chi connectivity index (χ2n) is 7.98. The molecule has 2 aromatic carbocycles. The Balaban J connectivity index is 1.47. The summed E-state index contributed by atoms with van der Waals surface area (Å²) < 4.78 is 13.1. The molecule has 1 atom stereocenters. The molecule has 0 radical (unpaired) electrons. The SMILES string of the molecule is COc1ccccc1NCc1cnc(SCC(=O)NC[C@@H]2CCCO2)n1-c1ccc(C)cc1. The van der Waals surface area contributed by atoms with E-state index in [9.17, 15) is 4.79 Å². The van der Waals surface area contributed by atoms with Crippen molar-refractivity contribution < 1.29 is 14.3 Å². The van der Waals surface area contributed by atoms with Gasteiger partial charge in [-0.2, -0.15) is 0 Å². The van der Waals surface area contributed by atoms with Gasteiger partial charge in [0.1, 0.15) is 5.75 Å². The van der Waals surface area contributed by atoms with Crippen LogP contribution < -0.4 is 15.4 Å². The highest BCUT2D eigenvalue weighted by Crippen LogP contribution is 2.27. The lowest BCUT2D eigenvalue weighted by Crippen LogP contribution is -2.32. The Morgan fingerprint density at radius 2 is 2.06 bits per heavy atom. The molecule has 1 aromatic heterocycles. The lowest BCUT2D eigenvalue weighted by molar-refractivity contribution is -0.119. The summed E-state index contributed by atoms with van der Waals surface area (Å²) in [6, 6.07) is 16.1. The maximum absolute atomic E-state index is 12.4. The number of carbonyl (C=O) groups is 1. The Kier molecular flexibility index (Phi) is 7.91. The van der Waals surface area contributed by atoms with Crippen LogP contribution in [0.3, 0.4) is 0 Å². The number of aromatic nitrogens is 2. The lowest BCUT2D eigenvalue weighted by atomic mass is 10.2. The minimum Gasteiger partial charge on any atom is -0.495 e. The molecule has 1 fully saturated rings. The van der Waals surface area contributed by atoms with E-state index >= 15 is 0 Å². The van der Waals surface area contributed by atoms with Gasteiger partial charge in [-0.05, 0) is 44.0 Å². The van der Waals surface area contributed by atoms with Gasteiger partial charge in [-0.25, -0.2) is 4.98 Å². The summed E-state index contributed by atoms with van der Waals surface area (Å²) in [5.74, 6) is 1.08. The smallest absolute Gasteiger partial charge is 0.230 e. The van der Waals surface area contributed by atoms with E-state index in [0.717, 1.165) is 47.4 Å². The van der Waals surface area contributed by atoms with E-state index in [0.29, 0.717) is 18.8 Å². The molecule has 3 aromatic rings. The predicted molar refractivity (Wildman–Crippen MR) is 131 cm³/mol. The topological polar surface area (TPSA) is 77.4 Å². The summed E-state index contributed by atoms with van der Waals surface area (Å²) >= 11 is 1.43. The monoisotopic (exact) mass is 466 g/mol. The van der Waals surface area contributed by atoms with Crippen molar-refractivity contribution >= 4 is 23.4 Å². The molecule has 4 rings (SSSR count). The van der Waals surface area contributed by atoms with Gasteiger partial charge in [0, 0.05) is 18.8 Å². The Morgan fingerprint density at radius 1 is 1.24 bits per heavy atom. The first-order chi connectivity index (χ1) is 16.1. The molecule has 1 aliphatic heterocycles. The number of nitrogens with zero attached hydrogens (tertiary/aromatic N) is 2. The van der Waals surface area contributed by atoms with Gasteiger partial charge in [0.15, 0.2) is 5.16 Å². The highest BCUT2D eigenvalue weighted by atomic mass is 32.2. The average molecular weight is 467 g/mol. The molecule has 2 heterocycles. The number of benzene rings is 2. The molecular formula is C25H30N4O3S. The summed E-state index contributed by atoms with van der Waals surface area (Å²) in [5.41, 5.74) is 4.11. The van der Waals surface area contributed by atoms with Crippen molar-refractivity contribution in [3.05, 3.63) is 66.0 Å². The second-order valence-corrected chi connectivity index (χ2v) is 8.93. The zero-order valence-electron chi connectivity index (χ0n) is 19.0. The van der Waals surface area contributed by atoms with Crippen LogP contribution in [0.5, 0.6) is 5.75 Å². The summed E-state index contributed by atoms with van der Waals surface area (Å²) in [6.07, 6.45) is 4.07. The molecule has 0 aliphatic carbocycles. The quantitative estimate of drug-likeness (QED) is 0.437. The molecule has 0 spiro atoms.